The third-order valence-corrected chi connectivity index (χ3v) is 6.97. The fraction of sp³-hybridized carbons (Fsp3) is 0.136. The molecule has 0 radical (unpaired) electrons. The van der Waals surface area contributed by atoms with Gasteiger partial charge in [0.1, 0.15) is 5.75 Å². The summed E-state index contributed by atoms with van der Waals surface area (Å²) in [5.41, 5.74) is 5.55. The molecule has 0 aromatic heterocycles. The van der Waals surface area contributed by atoms with Crippen LogP contribution < -0.4 is 15.1 Å². The zero-order chi connectivity index (χ0) is 17.9. The fourth-order valence-electron chi connectivity index (χ4n) is 3.10. The molecular weight excluding hydrogens is 327 g/mol. The highest BCUT2D eigenvalue weighted by Gasteiger charge is 2.28. The molecule has 25 heavy (non-hydrogen) atoms. The van der Waals surface area contributed by atoms with Gasteiger partial charge in [-0.25, -0.2) is 4.79 Å². The van der Waals surface area contributed by atoms with Crippen LogP contribution in [0.2, 0.25) is 0 Å². The van der Waals surface area contributed by atoms with Crippen LogP contribution in [0.25, 0.3) is 0 Å². The molecule has 0 atom stereocenters. The second kappa shape index (κ2) is 7.15. The zero-order valence-electron chi connectivity index (χ0n) is 14.7. The van der Waals surface area contributed by atoms with Crippen molar-refractivity contribution >= 4 is 23.4 Å². The van der Waals surface area contributed by atoms with Crippen LogP contribution in [-0.4, -0.2) is 5.66 Å². The summed E-state index contributed by atoms with van der Waals surface area (Å²) in [7, 11) is -2.78. The molecule has 0 heterocycles. The molecule has 3 rings (SSSR count). The van der Waals surface area contributed by atoms with Crippen molar-refractivity contribution in [1.29, 1.82) is 0 Å². The Bertz CT molecular complexity index is 889. The first kappa shape index (κ1) is 17.3. The van der Waals surface area contributed by atoms with E-state index in [-0.39, 0.29) is 0 Å². The minimum Gasteiger partial charge on any atom is -0.457 e. The molecule has 0 N–H and O–H groups in total. The molecule has 2 nitrogen and oxygen atoms in total. The van der Waals surface area contributed by atoms with Crippen LogP contribution in [0.5, 0.6) is 5.75 Å². The van der Waals surface area contributed by atoms with Crippen LogP contribution in [0.4, 0.5) is 0 Å². The molecular formula is C22H21O2P. The van der Waals surface area contributed by atoms with E-state index in [9.17, 15) is 4.79 Å². The number of benzene rings is 3. The molecule has 0 saturated carbocycles. The van der Waals surface area contributed by atoms with Crippen LogP contribution in [0.15, 0.2) is 72.8 Å². The molecule has 126 valence electrons. The predicted octanol–water partition coefficient (Wildman–Crippen LogP) is 4.64. The average molecular weight is 348 g/mol. The highest BCUT2D eigenvalue weighted by Crippen LogP contribution is 2.47. The lowest BCUT2D eigenvalue weighted by atomic mass is 10.1. The summed E-state index contributed by atoms with van der Waals surface area (Å²) in [5, 5.41) is 1.74. The van der Waals surface area contributed by atoms with Gasteiger partial charge < -0.3 is 4.52 Å². The molecule has 0 fully saturated rings. The van der Waals surface area contributed by atoms with E-state index < -0.39 is 7.11 Å². The Morgan fingerprint density at radius 1 is 0.760 bits per heavy atom. The highest BCUT2D eigenvalue weighted by molar-refractivity contribution is 7.83. The van der Waals surface area contributed by atoms with Gasteiger partial charge in [-0.15, -0.1) is 0 Å². The lowest BCUT2D eigenvalue weighted by Crippen LogP contribution is -2.21. The summed E-state index contributed by atoms with van der Waals surface area (Å²) < 4.78 is 6.53. The Morgan fingerprint density at radius 3 is 1.60 bits per heavy atom. The van der Waals surface area contributed by atoms with Gasteiger partial charge in [0.15, 0.2) is 12.8 Å². The van der Waals surface area contributed by atoms with E-state index in [1.807, 2.05) is 74.5 Å². The number of carbonyl (C=O) groups excluding carboxylic acids is 1. The van der Waals surface area contributed by atoms with Crippen molar-refractivity contribution in [1.82, 2.24) is 0 Å². The van der Waals surface area contributed by atoms with Gasteiger partial charge in [-0.05, 0) is 31.9 Å². The van der Waals surface area contributed by atoms with E-state index in [0.29, 0.717) is 0 Å². The summed E-state index contributed by atoms with van der Waals surface area (Å²) >= 11 is 0. The summed E-state index contributed by atoms with van der Waals surface area (Å²) in [4.78, 5) is 12.3. The number of aryl methyl sites for hydroxylation is 3. The Hall–Kier alpha value is -2.53. The maximum atomic E-state index is 12.3. The standard InChI is InChI=1S/C22H21O2P/c1-17-14-18(2)22(19(3)15-17)24-25(16-23,20-10-6-4-7-11-20)21-12-8-5-9-13-21/h4-15H,1-3H3. The summed E-state index contributed by atoms with van der Waals surface area (Å²) in [6.07, 6.45) is 0. The smallest absolute Gasteiger partial charge is 0.192 e. The van der Waals surface area contributed by atoms with Gasteiger partial charge >= 0.3 is 0 Å². The first-order valence-electron chi connectivity index (χ1n) is 8.24. The largest absolute Gasteiger partial charge is 0.457 e. The van der Waals surface area contributed by atoms with Crippen LogP contribution in [-0.2, 0) is 4.79 Å². The molecule has 0 aliphatic heterocycles. The molecule has 0 bridgehead atoms. The lowest BCUT2D eigenvalue weighted by molar-refractivity contribution is 0.565. The van der Waals surface area contributed by atoms with Crippen molar-refractivity contribution in [3.63, 3.8) is 0 Å². The van der Waals surface area contributed by atoms with Crippen molar-refractivity contribution < 1.29 is 9.32 Å². The molecule has 3 aromatic rings. The summed E-state index contributed by atoms with van der Waals surface area (Å²) in [5.74, 6) is 0.773. The number of hydrogen-bond donors (Lipinski definition) is 0. The Kier molecular flexibility index (Phi) is 4.95. The molecule has 0 aliphatic carbocycles. The van der Waals surface area contributed by atoms with Crippen molar-refractivity contribution in [3.8, 4) is 5.75 Å². The monoisotopic (exact) mass is 348 g/mol. The Balaban J connectivity index is 2.26. The molecule has 0 amide bonds. The van der Waals surface area contributed by atoms with Crippen LogP contribution in [0.3, 0.4) is 0 Å². The summed E-state index contributed by atoms with van der Waals surface area (Å²) in [6, 6.07) is 23.6. The van der Waals surface area contributed by atoms with Gasteiger partial charge in [0.25, 0.3) is 0 Å². The van der Waals surface area contributed by atoms with E-state index in [1.54, 1.807) is 0 Å². The first-order chi connectivity index (χ1) is 12.1. The van der Waals surface area contributed by atoms with Gasteiger partial charge in [-0.2, -0.15) is 0 Å². The number of hydrogen-bond acceptors (Lipinski definition) is 2. The van der Waals surface area contributed by atoms with E-state index in [0.717, 1.165) is 27.5 Å². The van der Waals surface area contributed by atoms with Crippen LogP contribution in [0, 0.1) is 20.8 Å². The Morgan fingerprint density at radius 2 is 1.20 bits per heavy atom. The topological polar surface area (TPSA) is 26.3 Å². The molecule has 0 saturated heterocycles. The van der Waals surface area contributed by atoms with E-state index in [2.05, 4.69) is 24.7 Å². The van der Waals surface area contributed by atoms with Gasteiger partial charge in [0.2, 0.25) is 0 Å². The summed E-state index contributed by atoms with van der Waals surface area (Å²) in [6.45, 7) is 6.10. The SMILES string of the molecule is Cc1cc(C)c(OP(=C=O)(c2ccccc2)c2ccccc2)c(C)c1. The fourth-order valence-corrected chi connectivity index (χ4v) is 5.60. The normalized spacial score (nSPS) is 11.0. The maximum Gasteiger partial charge on any atom is 0.192 e. The molecule has 3 aromatic carbocycles. The van der Waals surface area contributed by atoms with Crippen molar-refractivity contribution in [2.45, 2.75) is 20.8 Å². The van der Waals surface area contributed by atoms with Gasteiger partial charge in [-0.3, -0.25) is 0 Å². The van der Waals surface area contributed by atoms with E-state index >= 15 is 0 Å². The Labute approximate surface area is 149 Å². The van der Waals surface area contributed by atoms with Crippen molar-refractivity contribution in [2.24, 2.45) is 0 Å². The first-order valence-corrected chi connectivity index (χ1v) is 9.94. The van der Waals surface area contributed by atoms with Gasteiger partial charge in [-0.1, -0.05) is 78.4 Å². The maximum absolute atomic E-state index is 12.3. The third-order valence-electron chi connectivity index (χ3n) is 4.20. The van der Waals surface area contributed by atoms with Crippen LogP contribution in [0.1, 0.15) is 16.7 Å². The minimum absolute atomic E-state index is 0.773. The second-order valence-corrected chi connectivity index (χ2v) is 8.81. The highest BCUT2D eigenvalue weighted by atomic mass is 31.2. The zero-order valence-corrected chi connectivity index (χ0v) is 15.6. The molecule has 0 spiro atoms. The van der Waals surface area contributed by atoms with Gasteiger partial charge in [0, 0.05) is 10.6 Å². The van der Waals surface area contributed by atoms with E-state index in [4.69, 9.17) is 4.52 Å². The van der Waals surface area contributed by atoms with Crippen molar-refractivity contribution in [2.75, 3.05) is 0 Å². The molecule has 0 unspecified atom stereocenters. The molecule has 3 heteroatoms. The third kappa shape index (κ3) is 3.33. The van der Waals surface area contributed by atoms with E-state index in [1.165, 1.54) is 5.56 Å². The number of rotatable bonds is 4. The second-order valence-electron chi connectivity index (χ2n) is 6.19. The van der Waals surface area contributed by atoms with Crippen molar-refractivity contribution in [3.05, 3.63) is 89.5 Å². The van der Waals surface area contributed by atoms with Gasteiger partial charge in [0.05, 0.1) is 0 Å². The average Bonchev–Trinajstić information content (AvgIpc) is 2.63. The van der Waals surface area contributed by atoms with Crippen LogP contribution >= 0.6 is 7.11 Å². The quantitative estimate of drug-likeness (QED) is 0.642. The lowest BCUT2D eigenvalue weighted by Gasteiger charge is -2.26. The molecule has 0 aliphatic rings. The minimum atomic E-state index is -2.78. The predicted molar refractivity (Wildman–Crippen MR) is 106 cm³/mol.